The number of rotatable bonds is 7. The zero-order valence-corrected chi connectivity index (χ0v) is 12.2. The van der Waals surface area contributed by atoms with Crippen molar-refractivity contribution in [2.45, 2.75) is 26.2 Å². The van der Waals surface area contributed by atoms with Crippen molar-refractivity contribution in [2.24, 2.45) is 5.92 Å². The monoisotopic (exact) mass is 313 g/mol. The highest BCUT2D eigenvalue weighted by Crippen LogP contribution is 2.11. The minimum Gasteiger partial charge on any atom is -0.396 e. The average molecular weight is 314 g/mol. The Morgan fingerprint density at radius 2 is 2.06 bits per heavy atom. The van der Waals surface area contributed by atoms with Crippen LogP contribution in [-0.2, 0) is 11.2 Å². The molecular formula is C14H20BrNO2. The third-order valence-electron chi connectivity index (χ3n) is 2.82. The van der Waals surface area contributed by atoms with E-state index >= 15 is 0 Å². The fraction of sp³-hybridized carbons (Fsp3) is 0.500. The highest BCUT2D eigenvalue weighted by atomic mass is 79.9. The van der Waals surface area contributed by atoms with E-state index in [0.717, 1.165) is 22.9 Å². The molecule has 0 saturated carbocycles. The molecule has 1 unspecified atom stereocenters. The Labute approximate surface area is 117 Å². The number of hydrogen-bond acceptors (Lipinski definition) is 2. The Bertz CT molecular complexity index is 365. The first-order chi connectivity index (χ1) is 8.61. The van der Waals surface area contributed by atoms with Gasteiger partial charge in [-0.15, -0.1) is 0 Å². The maximum Gasteiger partial charge on any atom is 0.220 e. The van der Waals surface area contributed by atoms with E-state index in [0.29, 0.717) is 18.9 Å². The van der Waals surface area contributed by atoms with E-state index < -0.39 is 0 Å². The molecule has 3 nitrogen and oxygen atoms in total. The molecular weight excluding hydrogens is 294 g/mol. The highest BCUT2D eigenvalue weighted by Gasteiger charge is 2.05. The van der Waals surface area contributed by atoms with E-state index in [1.165, 1.54) is 0 Å². The number of benzene rings is 1. The van der Waals surface area contributed by atoms with E-state index in [-0.39, 0.29) is 12.5 Å². The van der Waals surface area contributed by atoms with Crippen LogP contribution in [-0.4, -0.2) is 24.2 Å². The molecule has 18 heavy (non-hydrogen) atoms. The van der Waals surface area contributed by atoms with Crippen LogP contribution in [0, 0.1) is 5.92 Å². The van der Waals surface area contributed by atoms with Crippen LogP contribution in [0.3, 0.4) is 0 Å². The summed E-state index contributed by atoms with van der Waals surface area (Å²) in [5.41, 5.74) is 1.16. The summed E-state index contributed by atoms with van der Waals surface area (Å²) in [6.07, 6.45) is 1.99. The molecule has 1 aromatic carbocycles. The normalized spacial score (nSPS) is 12.2. The van der Waals surface area contributed by atoms with Crippen LogP contribution in [0.2, 0.25) is 0 Å². The second-order valence-electron chi connectivity index (χ2n) is 4.55. The predicted octanol–water partition coefficient (Wildman–Crippen LogP) is 2.52. The first-order valence-corrected chi connectivity index (χ1v) is 7.03. The van der Waals surface area contributed by atoms with Crippen molar-refractivity contribution in [3.63, 3.8) is 0 Å². The Hall–Kier alpha value is -0.870. The van der Waals surface area contributed by atoms with E-state index in [4.69, 9.17) is 5.11 Å². The highest BCUT2D eigenvalue weighted by molar-refractivity contribution is 9.10. The average Bonchev–Trinajstić information content (AvgIpc) is 2.36. The lowest BCUT2D eigenvalue weighted by Gasteiger charge is -2.11. The van der Waals surface area contributed by atoms with Gasteiger partial charge in [0.1, 0.15) is 0 Å². The van der Waals surface area contributed by atoms with Gasteiger partial charge in [-0.25, -0.2) is 0 Å². The lowest BCUT2D eigenvalue weighted by molar-refractivity contribution is -0.121. The van der Waals surface area contributed by atoms with Gasteiger partial charge in [0.05, 0.1) is 0 Å². The standard InChI is InChI=1S/C14H20BrNO2/c1-11(8-9-17)10-16-14(18)7-4-12-2-5-13(15)6-3-12/h2-3,5-6,11,17H,4,7-10H2,1H3,(H,16,18). The number of nitrogens with one attached hydrogen (secondary N) is 1. The topological polar surface area (TPSA) is 49.3 Å². The Morgan fingerprint density at radius 3 is 2.67 bits per heavy atom. The molecule has 0 heterocycles. The SMILES string of the molecule is CC(CCO)CNC(=O)CCc1ccc(Br)cc1. The van der Waals surface area contributed by atoms with Crippen LogP contribution in [0.15, 0.2) is 28.7 Å². The molecule has 0 aromatic heterocycles. The van der Waals surface area contributed by atoms with Crippen molar-refractivity contribution in [3.8, 4) is 0 Å². The molecule has 0 bridgehead atoms. The second kappa shape index (κ2) is 8.27. The number of aliphatic hydroxyl groups excluding tert-OH is 1. The molecule has 0 radical (unpaired) electrons. The summed E-state index contributed by atoms with van der Waals surface area (Å²) in [6, 6.07) is 8.00. The minimum absolute atomic E-state index is 0.0720. The van der Waals surface area contributed by atoms with Crippen LogP contribution in [0.25, 0.3) is 0 Å². The van der Waals surface area contributed by atoms with Gasteiger partial charge in [-0.1, -0.05) is 35.0 Å². The molecule has 1 rings (SSSR count). The molecule has 100 valence electrons. The predicted molar refractivity (Wildman–Crippen MR) is 76.3 cm³/mol. The minimum atomic E-state index is 0.0720. The van der Waals surface area contributed by atoms with Gasteiger partial charge in [-0.2, -0.15) is 0 Å². The zero-order valence-electron chi connectivity index (χ0n) is 10.7. The lowest BCUT2D eigenvalue weighted by Crippen LogP contribution is -2.28. The van der Waals surface area contributed by atoms with E-state index in [1.807, 2.05) is 31.2 Å². The number of carbonyl (C=O) groups excluding carboxylic acids is 1. The summed E-state index contributed by atoms with van der Waals surface area (Å²) in [4.78, 5) is 11.6. The van der Waals surface area contributed by atoms with Crippen LogP contribution in [0.1, 0.15) is 25.3 Å². The number of aryl methyl sites for hydroxylation is 1. The number of aliphatic hydroxyl groups is 1. The lowest BCUT2D eigenvalue weighted by atomic mass is 10.1. The number of hydrogen-bond donors (Lipinski definition) is 2. The Morgan fingerprint density at radius 1 is 1.39 bits per heavy atom. The first kappa shape index (κ1) is 15.2. The fourth-order valence-corrected chi connectivity index (χ4v) is 1.87. The van der Waals surface area contributed by atoms with Crippen molar-refractivity contribution < 1.29 is 9.90 Å². The summed E-state index contributed by atoms with van der Waals surface area (Å²) in [5, 5.41) is 11.6. The Balaban J connectivity index is 2.22. The number of carbonyl (C=O) groups is 1. The molecule has 0 aliphatic carbocycles. The number of halogens is 1. The quantitative estimate of drug-likeness (QED) is 0.812. The molecule has 0 saturated heterocycles. The van der Waals surface area contributed by atoms with Crippen molar-refractivity contribution in [1.82, 2.24) is 5.32 Å². The van der Waals surface area contributed by atoms with E-state index in [9.17, 15) is 4.79 Å². The van der Waals surface area contributed by atoms with Crippen molar-refractivity contribution in [3.05, 3.63) is 34.3 Å². The van der Waals surface area contributed by atoms with Crippen molar-refractivity contribution in [1.29, 1.82) is 0 Å². The summed E-state index contributed by atoms with van der Waals surface area (Å²) < 4.78 is 1.05. The van der Waals surface area contributed by atoms with Crippen LogP contribution in [0.4, 0.5) is 0 Å². The molecule has 1 amide bonds. The molecule has 0 fully saturated rings. The third-order valence-corrected chi connectivity index (χ3v) is 3.35. The molecule has 2 N–H and O–H groups in total. The molecule has 4 heteroatoms. The number of amides is 1. The van der Waals surface area contributed by atoms with Gasteiger partial charge in [-0.3, -0.25) is 4.79 Å². The van der Waals surface area contributed by atoms with Gasteiger partial charge < -0.3 is 10.4 Å². The third kappa shape index (κ3) is 6.17. The van der Waals surface area contributed by atoms with Crippen LogP contribution < -0.4 is 5.32 Å². The fourth-order valence-electron chi connectivity index (χ4n) is 1.61. The molecule has 0 aliphatic heterocycles. The summed E-state index contributed by atoms with van der Waals surface area (Å²) in [7, 11) is 0. The smallest absolute Gasteiger partial charge is 0.220 e. The second-order valence-corrected chi connectivity index (χ2v) is 5.46. The summed E-state index contributed by atoms with van der Waals surface area (Å²) in [5.74, 6) is 0.398. The molecule has 1 aromatic rings. The maximum atomic E-state index is 11.6. The van der Waals surface area contributed by atoms with E-state index in [2.05, 4.69) is 21.2 Å². The van der Waals surface area contributed by atoms with Crippen LogP contribution in [0.5, 0.6) is 0 Å². The van der Waals surface area contributed by atoms with Gasteiger partial charge >= 0.3 is 0 Å². The molecule has 1 atom stereocenters. The van der Waals surface area contributed by atoms with Gasteiger partial charge in [0, 0.05) is 24.0 Å². The van der Waals surface area contributed by atoms with Gasteiger partial charge in [-0.05, 0) is 36.5 Å². The van der Waals surface area contributed by atoms with Gasteiger partial charge in [0.2, 0.25) is 5.91 Å². The van der Waals surface area contributed by atoms with Gasteiger partial charge in [0.25, 0.3) is 0 Å². The van der Waals surface area contributed by atoms with Crippen LogP contribution >= 0.6 is 15.9 Å². The largest absolute Gasteiger partial charge is 0.396 e. The van der Waals surface area contributed by atoms with Crippen molar-refractivity contribution in [2.75, 3.05) is 13.2 Å². The zero-order chi connectivity index (χ0) is 13.4. The molecule has 0 aliphatic rings. The van der Waals surface area contributed by atoms with E-state index in [1.54, 1.807) is 0 Å². The molecule has 0 spiro atoms. The maximum absolute atomic E-state index is 11.6. The first-order valence-electron chi connectivity index (χ1n) is 6.24. The van der Waals surface area contributed by atoms with Crippen molar-refractivity contribution >= 4 is 21.8 Å². The summed E-state index contributed by atoms with van der Waals surface area (Å²) in [6.45, 7) is 2.83. The van der Waals surface area contributed by atoms with Gasteiger partial charge in [0.15, 0.2) is 0 Å². The summed E-state index contributed by atoms with van der Waals surface area (Å²) >= 11 is 3.38. The Kier molecular flexibility index (Phi) is 6.98.